The fourth-order valence-electron chi connectivity index (χ4n) is 2.25. The number of carbonyl (C=O) groups excluding carboxylic acids is 1. The van der Waals surface area contributed by atoms with Crippen molar-refractivity contribution in [3.05, 3.63) is 34.9 Å². The Morgan fingerprint density at radius 2 is 1.80 bits per heavy atom. The van der Waals surface area contributed by atoms with Crippen molar-refractivity contribution in [2.45, 2.75) is 60.9 Å². The summed E-state index contributed by atoms with van der Waals surface area (Å²) in [5, 5.41) is 0. The van der Waals surface area contributed by atoms with E-state index in [0.717, 1.165) is 19.5 Å². The monoisotopic (exact) mass is 275 g/mol. The smallest absolute Gasteiger partial charge is 0.223 e. The second-order valence-electron chi connectivity index (χ2n) is 6.97. The number of carbonyl (C=O) groups is 1. The quantitative estimate of drug-likeness (QED) is 0.776. The van der Waals surface area contributed by atoms with Gasteiger partial charge in [0.05, 0.1) is 0 Å². The maximum atomic E-state index is 12.4. The molecule has 1 aromatic rings. The number of benzene rings is 1. The average Bonchev–Trinajstić information content (AvgIpc) is 2.31. The Morgan fingerprint density at radius 3 is 2.30 bits per heavy atom. The summed E-state index contributed by atoms with van der Waals surface area (Å²) in [5.41, 5.74) is 3.87. The van der Waals surface area contributed by atoms with Gasteiger partial charge in [0.2, 0.25) is 5.91 Å². The summed E-state index contributed by atoms with van der Waals surface area (Å²) in [7, 11) is 0. The third-order valence-electron chi connectivity index (χ3n) is 3.47. The summed E-state index contributed by atoms with van der Waals surface area (Å²) >= 11 is 0. The molecule has 0 saturated heterocycles. The lowest BCUT2D eigenvalue weighted by Gasteiger charge is -2.26. The summed E-state index contributed by atoms with van der Waals surface area (Å²) in [5.74, 6) is 0.262. The van der Waals surface area contributed by atoms with E-state index in [0.29, 0.717) is 6.42 Å². The van der Waals surface area contributed by atoms with Crippen molar-refractivity contribution in [3.63, 3.8) is 0 Å². The molecule has 1 rings (SSSR count). The van der Waals surface area contributed by atoms with Crippen LogP contribution in [-0.2, 0) is 11.3 Å². The van der Waals surface area contributed by atoms with E-state index in [9.17, 15) is 4.79 Å². The summed E-state index contributed by atoms with van der Waals surface area (Å²) in [6, 6.07) is 6.47. The fraction of sp³-hybridized carbons (Fsp3) is 0.611. The molecular weight excluding hydrogens is 246 g/mol. The van der Waals surface area contributed by atoms with Gasteiger partial charge in [0.1, 0.15) is 0 Å². The molecule has 0 N–H and O–H groups in total. The van der Waals surface area contributed by atoms with Crippen LogP contribution in [-0.4, -0.2) is 17.4 Å². The van der Waals surface area contributed by atoms with E-state index < -0.39 is 0 Å². The first-order valence-corrected chi connectivity index (χ1v) is 7.57. The standard InChI is InChI=1S/C18H29NO/c1-7-10-19(17(20)12-18(4,5)6)13-16-9-8-14(2)15(3)11-16/h8-9,11H,7,10,12-13H2,1-6H3. The maximum Gasteiger partial charge on any atom is 0.223 e. The van der Waals surface area contributed by atoms with Crippen LogP contribution in [0.15, 0.2) is 18.2 Å². The van der Waals surface area contributed by atoms with Crippen molar-refractivity contribution >= 4 is 5.91 Å². The van der Waals surface area contributed by atoms with Crippen LogP contribution in [0.1, 0.15) is 57.2 Å². The van der Waals surface area contributed by atoms with Gasteiger partial charge in [-0.15, -0.1) is 0 Å². The molecule has 0 saturated carbocycles. The van der Waals surface area contributed by atoms with E-state index in [2.05, 4.69) is 59.7 Å². The van der Waals surface area contributed by atoms with Gasteiger partial charge in [-0.1, -0.05) is 45.9 Å². The van der Waals surface area contributed by atoms with Crippen LogP contribution in [0.3, 0.4) is 0 Å². The van der Waals surface area contributed by atoms with Crippen molar-refractivity contribution in [1.82, 2.24) is 4.90 Å². The normalized spacial score (nSPS) is 11.5. The van der Waals surface area contributed by atoms with Gasteiger partial charge >= 0.3 is 0 Å². The highest BCUT2D eigenvalue weighted by Gasteiger charge is 2.20. The Morgan fingerprint density at radius 1 is 1.15 bits per heavy atom. The van der Waals surface area contributed by atoms with Gasteiger partial charge < -0.3 is 4.90 Å². The molecule has 0 aliphatic heterocycles. The molecule has 0 aliphatic rings. The summed E-state index contributed by atoms with van der Waals surface area (Å²) in [6.45, 7) is 14.3. The Balaban J connectivity index is 2.80. The Bertz CT molecular complexity index is 457. The Labute approximate surface area is 124 Å². The van der Waals surface area contributed by atoms with Gasteiger partial charge in [-0.2, -0.15) is 0 Å². The van der Waals surface area contributed by atoms with Crippen LogP contribution in [0.4, 0.5) is 0 Å². The molecule has 2 nitrogen and oxygen atoms in total. The van der Waals surface area contributed by atoms with Gasteiger partial charge in [0.15, 0.2) is 0 Å². The van der Waals surface area contributed by atoms with Crippen LogP contribution < -0.4 is 0 Å². The molecule has 2 heteroatoms. The topological polar surface area (TPSA) is 20.3 Å². The second-order valence-corrected chi connectivity index (χ2v) is 6.97. The molecular formula is C18H29NO. The van der Waals surface area contributed by atoms with Crippen molar-refractivity contribution < 1.29 is 4.79 Å². The first kappa shape index (κ1) is 16.7. The zero-order valence-electron chi connectivity index (χ0n) is 13.9. The first-order chi connectivity index (χ1) is 9.23. The Hall–Kier alpha value is -1.31. The van der Waals surface area contributed by atoms with E-state index >= 15 is 0 Å². The molecule has 1 amide bonds. The minimum atomic E-state index is 0.0479. The van der Waals surface area contributed by atoms with Gasteiger partial charge in [0.25, 0.3) is 0 Å². The molecule has 0 aliphatic carbocycles. The SMILES string of the molecule is CCCN(Cc1ccc(C)c(C)c1)C(=O)CC(C)(C)C. The van der Waals surface area contributed by atoms with Crippen molar-refractivity contribution in [2.75, 3.05) is 6.54 Å². The van der Waals surface area contributed by atoms with Crippen LogP contribution in [0.2, 0.25) is 0 Å². The number of hydrogen-bond donors (Lipinski definition) is 0. The zero-order chi connectivity index (χ0) is 15.3. The highest BCUT2D eigenvalue weighted by molar-refractivity contribution is 5.76. The molecule has 0 radical (unpaired) electrons. The highest BCUT2D eigenvalue weighted by Crippen LogP contribution is 2.21. The molecule has 20 heavy (non-hydrogen) atoms. The minimum absolute atomic E-state index is 0.0479. The van der Waals surface area contributed by atoms with Gasteiger partial charge in [0, 0.05) is 19.5 Å². The minimum Gasteiger partial charge on any atom is -0.338 e. The lowest BCUT2D eigenvalue weighted by Crippen LogP contribution is -2.33. The molecule has 0 fully saturated rings. The summed E-state index contributed by atoms with van der Waals surface area (Å²) < 4.78 is 0. The number of nitrogens with zero attached hydrogens (tertiary/aromatic N) is 1. The molecule has 0 spiro atoms. The lowest BCUT2D eigenvalue weighted by atomic mass is 9.91. The number of hydrogen-bond acceptors (Lipinski definition) is 1. The van der Waals surface area contributed by atoms with Crippen molar-refractivity contribution in [2.24, 2.45) is 5.41 Å². The third kappa shape index (κ3) is 5.36. The number of aryl methyl sites for hydroxylation is 2. The van der Waals surface area contributed by atoms with Gasteiger partial charge in [-0.3, -0.25) is 4.79 Å². The predicted octanol–water partition coefficient (Wildman–Crippen LogP) is 4.48. The third-order valence-corrected chi connectivity index (χ3v) is 3.47. The van der Waals surface area contributed by atoms with Gasteiger partial charge in [-0.05, 0) is 42.4 Å². The molecule has 0 atom stereocenters. The van der Waals surface area contributed by atoms with Crippen LogP contribution in [0, 0.1) is 19.3 Å². The molecule has 0 heterocycles. The van der Waals surface area contributed by atoms with Crippen molar-refractivity contribution in [3.8, 4) is 0 Å². The van der Waals surface area contributed by atoms with Crippen LogP contribution >= 0.6 is 0 Å². The van der Waals surface area contributed by atoms with E-state index in [1.165, 1.54) is 16.7 Å². The lowest BCUT2D eigenvalue weighted by molar-refractivity contribution is -0.133. The van der Waals surface area contributed by atoms with Crippen LogP contribution in [0.5, 0.6) is 0 Å². The largest absolute Gasteiger partial charge is 0.338 e. The number of rotatable bonds is 5. The van der Waals surface area contributed by atoms with E-state index in [1.54, 1.807) is 0 Å². The first-order valence-electron chi connectivity index (χ1n) is 7.57. The molecule has 112 valence electrons. The molecule has 0 aromatic heterocycles. The predicted molar refractivity (Wildman–Crippen MR) is 85.7 cm³/mol. The van der Waals surface area contributed by atoms with E-state index in [-0.39, 0.29) is 11.3 Å². The van der Waals surface area contributed by atoms with E-state index in [4.69, 9.17) is 0 Å². The zero-order valence-corrected chi connectivity index (χ0v) is 13.9. The Kier molecular flexibility index (Phi) is 5.79. The van der Waals surface area contributed by atoms with Crippen LogP contribution in [0.25, 0.3) is 0 Å². The fourth-order valence-corrected chi connectivity index (χ4v) is 2.25. The van der Waals surface area contributed by atoms with Crippen molar-refractivity contribution in [1.29, 1.82) is 0 Å². The summed E-state index contributed by atoms with van der Waals surface area (Å²) in [6.07, 6.45) is 1.61. The van der Waals surface area contributed by atoms with E-state index in [1.807, 2.05) is 4.90 Å². The highest BCUT2D eigenvalue weighted by atomic mass is 16.2. The molecule has 0 unspecified atom stereocenters. The van der Waals surface area contributed by atoms with Gasteiger partial charge in [-0.25, -0.2) is 0 Å². The second kappa shape index (κ2) is 6.92. The molecule has 0 bridgehead atoms. The summed E-state index contributed by atoms with van der Waals surface area (Å²) in [4.78, 5) is 14.4. The number of amides is 1. The molecule has 1 aromatic carbocycles. The average molecular weight is 275 g/mol. The maximum absolute atomic E-state index is 12.4.